The highest BCUT2D eigenvalue weighted by Crippen LogP contribution is 2.41. The number of hydrogen-bond donors (Lipinski definition) is 0. The van der Waals surface area contributed by atoms with Gasteiger partial charge in [0.1, 0.15) is 0 Å². The average molecular weight is 977 g/mol. The summed E-state index contributed by atoms with van der Waals surface area (Å²) >= 11 is 1.89. The van der Waals surface area contributed by atoms with E-state index in [2.05, 4.69) is 248 Å². The lowest BCUT2D eigenvalue weighted by Gasteiger charge is -2.16. The van der Waals surface area contributed by atoms with E-state index < -0.39 is 0 Å². The molecule has 0 radical (unpaired) electrons. The first-order chi connectivity index (χ1) is 35.6. The number of aromatic nitrogens is 1. The van der Waals surface area contributed by atoms with Crippen LogP contribution in [0.1, 0.15) is 97.9 Å². The van der Waals surface area contributed by atoms with E-state index in [4.69, 9.17) is 4.99 Å². The molecule has 0 spiro atoms. The van der Waals surface area contributed by atoms with Gasteiger partial charge in [-0.1, -0.05) is 239 Å². The molecule has 2 heterocycles. The molecule has 73 heavy (non-hydrogen) atoms. The van der Waals surface area contributed by atoms with Crippen molar-refractivity contribution in [1.82, 2.24) is 4.57 Å². The number of allylic oxidation sites excluding steroid dienone is 7. The quantitative estimate of drug-likeness (QED) is 0.0960. The minimum absolute atomic E-state index is 0.0514. The molecule has 0 bridgehead atoms. The Kier molecular flexibility index (Phi) is 22.0. The second kappa shape index (κ2) is 28.4. The van der Waals surface area contributed by atoms with Crippen molar-refractivity contribution in [3.05, 3.63) is 248 Å². The standard InChI is InChI=1S/C51H38N2S.C8H12.C4H6.C3H8.2C2H6/c1-32-13-7-8-16-41(32)50(52-34(3)36-21-22-39-28-37(23-24-38(39)27-36)35-14-5-4-6-15-35)33(2)31-53-47-19-11-9-17-42(47)46-29-40-25-26-44-43-18-10-12-20-49(43)54-51(44)45(40)30-48(46)53;1-4-6-7-8(3)5-2;1-3-4-2;1-3-2;2*1-2/h4-31,34H,1-3H3;5-7H,2-4H2,1H3;3-4H,1-2H2;3H2,1-2H3;2*1-2H3/b33-31+,52-50?;7-6-;;;;. The number of aryl methyl sites for hydroxylation is 1. The summed E-state index contributed by atoms with van der Waals surface area (Å²) in [6, 6.07) is 59.7. The van der Waals surface area contributed by atoms with Crippen LogP contribution < -0.4 is 0 Å². The van der Waals surface area contributed by atoms with Gasteiger partial charge in [0.15, 0.2) is 0 Å². The third kappa shape index (κ3) is 13.7. The molecule has 0 fully saturated rings. The topological polar surface area (TPSA) is 17.3 Å². The Hall–Kier alpha value is -7.59. The van der Waals surface area contributed by atoms with Crippen LogP contribution in [0.5, 0.6) is 0 Å². The van der Waals surface area contributed by atoms with Crippen LogP contribution in [0.2, 0.25) is 0 Å². The highest BCUT2D eigenvalue weighted by atomic mass is 32.1. The van der Waals surface area contributed by atoms with Gasteiger partial charge in [0, 0.05) is 48.1 Å². The Morgan fingerprint density at radius 3 is 1.90 bits per heavy atom. The molecule has 0 aliphatic rings. The monoisotopic (exact) mass is 977 g/mol. The number of hydrogen-bond acceptors (Lipinski definition) is 2. The van der Waals surface area contributed by atoms with Crippen LogP contribution in [-0.4, -0.2) is 10.3 Å². The second-order valence-corrected chi connectivity index (χ2v) is 18.3. The molecule has 0 aliphatic heterocycles. The molecule has 2 aromatic heterocycles. The Bertz CT molecular complexity index is 3530. The Morgan fingerprint density at radius 2 is 1.22 bits per heavy atom. The minimum Gasteiger partial charge on any atom is -0.316 e. The molecule has 1 atom stereocenters. The molecule has 0 saturated heterocycles. The van der Waals surface area contributed by atoms with Crippen LogP contribution in [0.4, 0.5) is 0 Å². The van der Waals surface area contributed by atoms with E-state index >= 15 is 0 Å². The zero-order chi connectivity index (χ0) is 52.9. The molecule has 0 N–H and O–H groups in total. The SMILES string of the molecule is C/C(=C\n1c2ccccc2c2cc3ccc4c5ccccc5sc4c3cc21)C(=NC(C)c1ccc2cc(-c3ccccc3)ccc2c1)c1ccccc1C.C=CC(=C)/C=C\CC.C=CC=C.CC.CC.CCC. The first-order valence-corrected chi connectivity index (χ1v) is 26.9. The van der Waals surface area contributed by atoms with Gasteiger partial charge in [-0.05, 0) is 113 Å². The number of para-hydroxylation sites is 1. The maximum Gasteiger partial charge on any atom is 0.0728 e. The summed E-state index contributed by atoms with van der Waals surface area (Å²) in [5, 5.41) is 10.2. The minimum atomic E-state index is -0.0514. The van der Waals surface area contributed by atoms with Gasteiger partial charge in [-0.2, -0.15) is 0 Å². The van der Waals surface area contributed by atoms with Gasteiger partial charge >= 0.3 is 0 Å². The van der Waals surface area contributed by atoms with Crippen LogP contribution in [0.25, 0.3) is 80.8 Å². The molecule has 0 saturated carbocycles. The average Bonchev–Trinajstić information content (AvgIpc) is 3.97. The second-order valence-electron chi connectivity index (χ2n) is 17.3. The fraction of sp³-hybridized carbons (Fsp3) is 0.186. The van der Waals surface area contributed by atoms with Crippen LogP contribution in [-0.2, 0) is 0 Å². The van der Waals surface area contributed by atoms with Crippen molar-refractivity contribution >= 4 is 86.8 Å². The van der Waals surface area contributed by atoms with E-state index in [-0.39, 0.29) is 6.04 Å². The Labute approximate surface area is 441 Å². The van der Waals surface area contributed by atoms with E-state index in [0.717, 1.165) is 28.8 Å². The van der Waals surface area contributed by atoms with Crippen LogP contribution >= 0.6 is 11.3 Å². The molecule has 3 heteroatoms. The van der Waals surface area contributed by atoms with E-state index in [1.54, 1.807) is 18.2 Å². The summed E-state index contributed by atoms with van der Waals surface area (Å²) < 4.78 is 5.06. The fourth-order valence-electron chi connectivity index (χ4n) is 8.56. The van der Waals surface area contributed by atoms with E-state index in [1.807, 2.05) is 45.1 Å². The van der Waals surface area contributed by atoms with Gasteiger partial charge in [-0.3, -0.25) is 4.99 Å². The van der Waals surface area contributed by atoms with Crippen molar-refractivity contribution in [2.45, 2.75) is 88.1 Å². The van der Waals surface area contributed by atoms with Crippen LogP contribution in [0.15, 0.2) is 237 Å². The van der Waals surface area contributed by atoms with Crippen LogP contribution in [0, 0.1) is 6.92 Å². The number of benzene rings is 8. The summed E-state index contributed by atoms with van der Waals surface area (Å²) in [6.45, 7) is 35.0. The van der Waals surface area contributed by atoms with E-state index in [0.29, 0.717) is 0 Å². The van der Waals surface area contributed by atoms with E-state index in [1.165, 1.54) is 92.2 Å². The van der Waals surface area contributed by atoms with Gasteiger partial charge in [0.2, 0.25) is 0 Å². The largest absolute Gasteiger partial charge is 0.316 e. The van der Waals surface area contributed by atoms with Gasteiger partial charge in [-0.25, -0.2) is 0 Å². The maximum atomic E-state index is 5.54. The third-order valence-corrected chi connectivity index (χ3v) is 13.3. The summed E-state index contributed by atoms with van der Waals surface area (Å²) in [6.07, 6.45) is 13.7. The lowest BCUT2D eigenvalue weighted by Crippen LogP contribution is -2.08. The highest BCUT2D eigenvalue weighted by molar-refractivity contribution is 7.26. The normalized spacial score (nSPS) is 11.5. The first-order valence-electron chi connectivity index (χ1n) is 26.0. The predicted octanol–water partition coefficient (Wildman–Crippen LogP) is 22.1. The highest BCUT2D eigenvalue weighted by Gasteiger charge is 2.17. The van der Waals surface area contributed by atoms with E-state index in [9.17, 15) is 0 Å². The van der Waals surface area contributed by atoms with Crippen molar-refractivity contribution in [2.75, 3.05) is 0 Å². The van der Waals surface area contributed by atoms with Gasteiger partial charge in [0.25, 0.3) is 0 Å². The number of nitrogens with zero attached hydrogens (tertiary/aromatic N) is 2. The molecule has 372 valence electrons. The molecule has 10 aromatic rings. The first kappa shape index (κ1) is 56.3. The number of thiophene rings is 1. The third-order valence-electron chi connectivity index (χ3n) is 12.1. The van der Waals surface area contributed by atoms with Gasteiger partial charge in [0.05, 0.1) is 22.8 Å². The fourth-order valence-corrected chi connectivity index (χ4v) is 9.78. The molecule has 1 unspecified atom stereocenters. The summed E-state index contributed by atoms with van der Waals surface area (Å²) in [4.78, 5) is 5.54. The lowest BCUT2D eigenvalue weighted by molar-refractivity contribution is 0.822. The summed E-state index contributed by atoms with van der Waals surface area (Å²) in [5.41, 5.74) is 11.5. The molecular formula is C70H76N2S. The Morgan fingerprint density at radius 1 is 0.603 bits per heavy atom. The van der Waals surface area contributed by atoms with Crippen LogP contribution in [0.3, 0.4) is 0 Å². The van der Waals surface area contributed by atoms with Crippen molar-refractivity contribution in [1.29, 1.82) is 0 Å². The van der Waals surface area contributed by atoms with Crippen molar-refractivity contribution in [3.8, 4) is 11.1 Å². The molecule has 0 aliphatic carbocycles. The zero-order valence-corrected chi connectivity index (χ0v) is 46.0. The summed E-state index contributed by atoms with van der Waals surface area (Å²) in [5.74, 6) is 0. The number of fused-ring (bicyclic) bond motifs is 9. The molecule has 8 aromatic carbocycles. The smallest absolute Gasteiger partial charge is 0.0728 e. The molecule has 0 amide bonds. The van der Waals surface area contributed by atoms with Crippen molar-refractivity contribution in [3.63, 3.8) is 0 Å². The number of rotatable bonds is 10. The van der Waals surface area contributed by atoms with Crippen molar-refractivity contribution in [2.24, 2.45) is 4.99 Å². The number of aliphatic imine (C=N–C) groups is 1. The zero-order valence-electron chi connectivity index (χ0n) is 45.2. The molecule has 10 rings (SSSR count). The maximum absolute atomic E-state index is 5.54. The summed E-state index contributed by atoms with van der Waals surface area (Å²) in [7, 11) is 0. The van der Waals surface area contributed by atoms with Crippen molar-refractivity contribution < 1.29 is 0 Å². The Balaban J connectivity index is 0.000000452. The van der Waals surface area contributed by atoms with Gasteiger partial charge < -0.3 is 4.57 Å². The molecule has 2 nitrogen and oxygen atoms in total. The lowest BCUT2D eigenvalue weighted by atomic mass is 9.97. The van der Waals surface area contributed by atoms with Gasteiger partial charge in [-0.15, -0.1) is 11.3 Å². The molecular weight excluding hydrogens is 901 g/mol. The predicted molar refractivity (Wildman–Crippen MR) is 333 cm³/mol.